The van der Waals surface area contributed by atoms with Gasteiger partial charge < -0.3 is 0 Å². The van der Waals surface area contributed by atoms with E-state index in [0.717, 1.165) is 12.0 Å². The van der Waals surface area contributed by atoms with Gasteiger partial charge in [-0.2, -0.15) is 0 Å². The lowest BCUT2D eigenvalue weighted by atomic mass is 9.68. The van der Waals surface area contributed by atoms with Crippen LogP contribution >= 0.6 is 0 Å². The van der Waals surface area contributed by atoms with Crippen molar-refractivity contribution in [3.63, 3.8) is 0 Å². The molecule has 3 aliphatic carbocycles. The second kappa shape index (κ2) is 5.12. The first kappa shape index (κ1) is 15.5. The average Bonchev–Trinajstić information content (AvgIpc) is 3.37. The van der Waals surface area contributed by atoms with E-state index in [1.807, 2.05) is 6.07 Å². The summed E-state index contributed by atoms with van der Waals surface area (Å²) in [4.78, 5) is 0. The summed E-state index contributed by atoms with van der Waals surface area (Å²) < 4.78 is 14.4. The Labute approximate surface area is 169 Å². The molecule has 0 nitrogen and oxygen atoms in total. The van der Waals surface area contributed by atoms with Crippen LogP contribution in [0.15, 0.2) is 91.0 Å². The number of hydrogen-bond acceptors (Lipinski definition) is 0. The molecule has 3 aliphatic rings. The highest BCUT2D eigenvalue weighted by atomic mass is 19.1. The van der Waals surface area contributed by atoms with E-state index in [2.05, 4.69) is 72.8 Å². The molecule has 4 aromatic rings. The fraction of sp³-hybridized carbons (Fsp3) is 0.0714. The van der Waals surface area contributed by atoms with Crippen molar-refractivity contribution in [2.24, 2.45) is 0 Å². The molecule has 0 fully saturated rings. The summed E-state index contributed by atoms with van der Waals surface area (Å²) in [5.74, 6) is -0.164. The van der Waals surface area contributed by atoms with Gasteiger partial charge in [-0.3, -0.25) is 0 Å². The standard InChI is InChI=1S/C28H17F/c29-18-14-13-17-15-23-21-9-3-6-12-26(21)28(27(23)22(17)16-18)24-10-4-1-7-19(24)20-8-2-5-11-25(20)28/h1-14,16H,15H2. The lowest BCUT2D eigenvalue weighted by molar-refractivity contribution is 0.626. The van der Waals surface area contributed by atoms with Crippen LogP contribution < -0.4 is 0 Å². The number of hydrogen-bond donors (Lipinski definition) is 0. The van der Waals surface area contributed by atoms with Gasteiger partial charge in [-0.15, -0.1) is 0 Å². The summed E-state index contributed by atoms with van der Waals surface area (Å²) in [5.41, 5.74) is 12.4. The van der Waals surface area contributed by atoms with Gasteiger partial charge in [0.2, 0.25) is 0 Å². The first-order valence-corrected chi connectivity index (χ1v) is 10.1. The van der Waals surface area contributed by atoms with Crippen LogP contribution in [0.2, 0.25) is 0 Å². The average molecular weight is 372 g/mol. The maximum atomic E-state index is 14.4. The van der Waals surface area contributed by atoms with Crippen molar-refractivity contribution >= 4 is 11.1 Å². The van der Waals surface area contributed by atoms with Gasteiger partial charge in [0.1, 0.15) is 5.82 Å². The molecule has 0 amide bonds. The van der Waals surface area contributed by atoms with Crippen LogP contribution in [0.5, 0.6) is 0 Å². The molecule has 0 atom stereocenters. The van der Waals surface area contributed by atoms with Gasteiger partial charge in [0.05, 0.1) is 5.41 Å². The Morgan fingerprint density at radius 3 is 1.79 bits per heavy atom. The van der Waals surface area contributed by atoms with E-state index in [1.165, 1.54) is 50.1 Å². The molecular formula is C28H17F. The molecule has 0 bridgehead atoms. The summed E-state index contributed by atoms with van der Waals surface area (Å²) in [6.45, 7) is 0. The minimum Gasteiger partial charge on any atom is -0.207 e. The second-order valence-electron chi connectivity index (χ2n) is 8.22. The monoisotopic (exact) mass is 372 g/mol. The first-order valence-electron chi connectivity index (χ1n) is 10.1. The molecule has 0 heterocycles. The molecule has 0 saturated carbocycles. The van der Waals surface area contributed by atoms with Crippen LogP contribution in [0.3, 0.4) is 0 Å². The van der Waals surface area contributed by atoms with Crippen molar-refractivity contribution in [1.82, 2.24) is 0 Å². The van der Waals surface area contributed by atoms with Gasteiger partial charge in [-0.1, -0.05) is 78.9 Å². The topological polar surface area (TPSA) is 0 Å². The number of halogens is 1. The predicted molar refractivity (Wildman–Crippen MR) is 115 cm³/mol. The predicted octanol–water partition coefficient (Wildman–Crippen LogP) is 6.62. The molecule has 4 aromatic carbocycles. The highest BCUT2D eigenvalue weighted by Gasteiger charge is 2.54. The van der Waals surface area contributed by atoms with E-state index in [-0.39, 0.29) is 11.2 Å². The van der Waals surface area contributed by atoms with Crippen LogP contribution in [0, 0.1) is 5.82 Å². The third-order valence-corrected chi connectivity index (χ3v) is 6.99. The largest absolute Gasteiger partial charge is 0.207 e. The first-order chi connectivity index (χ1) is 14.3. The molecule has 7 rings (SSSR count). The summed E-state index contributed by atoms with van der Waals surface area (Å²) in [6.07, 6.45) is 0.869. The van der Waals surface area contributed by atoms with Crippen molar-refractivity contribution in [3.05, 3.63) is 130 Å². The molecular weight excluding hydrogens is 355 g/mol. The zero-order valence-corrected chi connectivity index (χ0v) is 15.7. The second-order valence-corrected chi connectivity index (χ2v) is 8.22. The third kappa shape index (κ3) is 1.67. The summed E-state index contributed by atoms with van der Waals surface area (Å²) in [7, 11) is 0. The third-order valence-electron chi connectivity index (χ3n) is 6.99. The van der Waals surface area contributed by atoms with Gasteiger partial charge >= 0.3 is 0 Å². The molecule has 0 aromatic heterocycles. The Balaban J connectivity index is 1.70. The van der Waals surface area contributed by atoms with Gasteiger partial charge in [0, 0.05) is 0 Å². The lowest BCUT2D eigenvalue weighted by Crippen LogP contribution is -2.26. The minimum atomic E-state index is -0.363. The number of benzene rings is 4. The van der Waals surface area contributed by atoms with E-state index in [1.54, 1.807) is 12.1 Å². The number of fused-ring (bicyclic) bond motifs is 11. The Morgan fingerprint density at radius 2 is 1.14 bits per heavy atom. The van der Waals surface area contributed by atoms with E-state index in [9.17, 15) is 4.39 Å². The highest BCUT2D eigenvalue weighted by Crippen LogP contribution is 2.66. The van der Waals surface area contributed by atoms with E-state index in [4.69, 9.17) is 0 Å². The van der Waals surface area contributed by atoms with Crippen molar-refractivity contribution < 1.29 is 4.39 Å². The number of allylic oxidation sites excluding steroid dienone is 2. The Bertz CT molecular complexity index is 1340. The smallest absolute Gasteiger partial charge is 0.123 e. The Morgan fingerprint density at radius 1 is 0.586 bits per heavy atom. The van der Waals surface area contributed by atoms with Crippen molar-refractivity contribution in [1.29, 1.82) is 0 Å². The maximum Gasteiger partial charge on any atom is 0.123 e. The molecule has 1 spiro atoms. The molecule has 29 heavy (non-hydrogen) atoms. The van der Waals surface area contributed by atoms with Crippen LogP contribution in [0.4, 0.5) is 4.39 Å². The van der Waals surface area contributed by atoms with Crippen LogP contribution in [0.25, 0.3) is 22.3 Å². The van der Waals surface area contributed by atoms with Crippen molar-refractivity contribution in [3.8, 4) is 11.1 Å². The maximum absolute atomic E-state index is 14.4. The quantitative estimate of drug-likeness (QED) is 0.325. The summed E-state index contributed by atoms with van der Waals surface area (Å²) in [5, 5.41) is 0. The zero-order valence-electron chi connectivity index (χ0n) is 15.7. The van der Waals surface area contributed by atoms with Crippen LogP contribution in [-0.2, 0) is 11.8 Å². The number of rotatable bonds is 0. The Hall–Kier alpha value is -3.45. The van der Waals surface area contributed by atoms with Gasteiger partial charge in [0.15, 0.2) is 0 Å². The zero-order chi connectivity index (χ0) is 19.2. The minimum absolute atomic E-state index is 0.164. The molecule has 0 unspecified atom stereocenters. The fourth-order valence-electron chi connectivity index (χ4n) is 6.04. The van der Waals surface area contributed by atoms with Crippen LogP contribution in [0.1, 0.15) is 33.4 Å². The van der Waals surface area contributed by atoms with E-state index in [0.29, 0.717) is 0 Å². The molecule has 0 radical (unpaired) electrons. The van der Waals surface area contributed by atoms with Gasteiger partial charge in [-0.05, 0) is 74.2 Å². The SMILES string of the molecule is Fc1ccc2c(c1)C1=C(C2)c2ccccc2C12c1ccccc1-c1ccccc12. The fourth-order valence-corrected chi connectivity index (χ4v) is 6.04. The molecule has 136 valence electrons. The highest BCUT2D eigenvalue weighted by molar-refractivity contribution is 6.12. The normalized spacial score (nSPS) is 16.4. The molecule has 0 saturated heterocycles. The molecule has 0 N–H and O–H groups in total. The summed E-state index contributed by atoms with van der Waals surface area (Å²) in [6, 6.07) is 31.6. The van der Waals surface area contributed by atoms with Crippen molar-refractivity contribution in [2.75, 3.05) is 0 Å². The lowest BCUT2D eigenvalue weighted by Gasteiger charge is -2.33. The van der Waals surface area contributed by atoms with Crippen molar-refractivity contribution in [2.45, 2.75) is 11.8 Å². The molecule has 1 heteroatoms. The van der Waals surface area contributed by atoms with E-state index < -0.39 is 0 Å². The summed E-state index contributed by atoms with van der Waals surface area (Å²) >= 11 is 0. The van der Waals surface area contributed by atoms with E-state index >= 15 is 0 Å². The van der Waals surface area contributed by atoms with Gasteiger partial charge in [0.25, 0.3) is 0 Å². The van der Waals surface area contributed by atoms with Gasteiger partial charge in [-0.25, -0.2) is 4.39 Å². The molecule has 0 aliphatic heterocycles. The Kier molecular flexibility index (Phi) is 2.73. The van der Waals surface area contributed by atoms with Crippen LogP contribution in [-0.4, -0.2) is 0 Å².